The molecule has 1 aliphatic carbocycles. The van der Waals surface area contributed by atoms with Crippen molar-refractivity contribution in [3.8, 4) is 17.4 Å². The molecule has 0 aliphatic heterocycles. The van der Waals surface area contributed by atoms with Crippen LogP contribution in [0.25, 0.3) is 0 Å². The predicted molar refractivity (Wildman–Crippen MR) is 130 cm³/mol. The van der Waals surface area contributed by atoms with Crippen molar-refractivity contribution in [2.75, 3.05) is 6.61 Å². The number of benzene rings is 2. The molecule has 0 fully saturated rings. The maximum Gasteiger partial charge on any atom is 0.417 e. The van der Waals surface area contributed by atoms with E-state index in [4.69, 9.17) is 14.6 Å². The molecular formula is C27H22F3NO4S. The Hall–Kier alpha value is -3.72. The monoisotopic (exact) mass is 513 g/mol. The number of aromatic nitrogens is 1. The van der Waals surface area contributed by atoms with Crippen molar-refractivity contribution in [1.29, 1.82) is 0 Å². The maximum absolute atomic E-state index is 12.9. The first-order chi connectivity index (χ1) is 17.2. The third-order valence-corrected chi connectivity index (χ3v) is 6.29. The van der Waals surface area contributed by atoms with E-state index in [1.807, 2.05) is 37.3 Å². The van der Waals surface area contributed by atoms with Gasteiger partial charge in [0.25, 0.3) is 0 Å². The van der Waals surface area contributed by atoms with Crippen LogP contribution in [0.5, 0.6) is 17.4 Å². The highest BCUT2D eigenvalue weighted by atomic mass is 32.2. The van der Waals surface area contributed by atoms with Gasteiger partial charge in [-0.3, -0.25) is 0 Å². The second kappa shape index (κ2) is 10.9. The quantitative estimate of drug-likeness (QED) is 0.338. The average molecular weight is 514 g/mol. The third-order valence-electron chi connectivity index (χ3n) is 5.33. The summed E-state index contributed by atoms with van der Waals surface area (Å²) in [6, 6.07) is 13.3. The Balaban J connectivity index is 1.59. The molecule has 9 heteroatoms. The average Bonchev–Trinajstić information content (AvgIpc) is 2.83. The topological polar surface area (TPSA) is 68.7 Å². The van der Waals surface area contributed by atoms with Crippen molar-refractivity contribution in [2.24, 2.45) is 0 Å². The number of rotatable bonds is 8. The third kappa shape index (κ3) is 6.69. The lowest BCUT2D eigenvalue weighted by molar-refractivity contribution is -0.139. The van der Waals surface area contributed by atoms with Crippen molar-refractivity contribution in [3.63, 3.8) is 0 Å². The van der Waals surface area contributed by atoms with Gasteiger partial charge in [0.2, 0.25) is 5.88 Å². The van der Waals surface area contributed by atoms with E-state index in [0.717, 1.165) is 39.6 Å². The van der Waals surface area contributed by atoms with E-state index >= 15 is 0 Å². The lowest BCUT2D eigenvalue weighted by Gasteiger charge is -2.17. The van der Waals surface area contributed by atoms with Crippen molar-refractivity contribution < 1.29 is 32.5 Å². The van der Waals surface area contributed by atoms with Crippen LogP contribution in [-0.4, -0.2) is 22.7 Å². The number of carbonyl (C=O) groups is 1. The highest BCUT2D eigenvalue weighted by molar-refractivity contribution is 7.99. The Morgan fingerprint density at radius 2 is 1.94 bits per heavy atom. The van der Waals surface area contributed by atoms with Crippen LogP contribution in [0.2, 0.25) is 0 Å². The molecule has 0 amide bonds. The largest absolute Gasteiger partial charge is 0.482 e. The lowest BCUT2D eigenvalue weighted by Crippen LogP contribution is -2.09. The van der Waals surface area contributed by atoms with Gasteiger partial charge in [-0.1, -0.05) is 36.1 Å². The van der Waals surface area contributed by atoms with Gasteiger partial charge in [-0.15, -0.1) is 0 Å². The molecule has 2 aromatic carbocycles. The molecular weight excluding hydrogens is 491 g/mol. The first-order valence-electron chi connectivity index (χ1n) is 11.0. The normalized spacial score (nSPS) is 15.1. The smallest absolute Gasteiger partial charge is 0.417 e. The Kier molecular flexibility index (Phi) is 7.69. The number of halogens is 3. The maximum atomic E-state index is 12.9. The van der Waals surface area contributed by atoms with Gasteiger partial charge in [0, 0.05) is 28.0 Å². The van der Waals surface area contributed by atoms with Gasteiger partial charge in [0.05, 0.1) is 5.56 Å². The molecule has 1 aromatic heterocycles. The molecule has 5 nitrogen and oxygen atoms in total. The molecule has 3 aromatic rings. The molecule has 1 aliphatic rings. The van der Waals surface area contributed by atoms with Crippen LogP contribution in [0.1, 0.15) is 29.0 Å². The van der Waals surface area contributed by atoms with Gasteiger partial charge in [0.1, 0.15) is 11.5 Å². The summed E-state index contributed by atoms with van der Waals surface area (Å²) >= 11 is 1.48. The second-order valence-corrected chi connectivity index (χ2v) is 9.24. The van der Waals surface area contributed by atoms with Gasteiger partial charge in [0.15, 0.2) is 6.61 Å². The number of carboxylic acid groups (broad SMARTS) is 1. The number of hydrogen-bond acceptors (Lipinski definition) is 5. The Labute approximate surface area is 210 Å². The number of carboxylic acids is 1. The molecule has 0 spiro atoms. The summed E-state index contributed by atoms with van der Waals surface area (Å²) in [5.74, 6) is 0.0969. The van der Waals surface area contributed by atoms with E-state index in [0.29, 0.717) is 11.5 Å². The summed E-state index contributed by atoms with van der Waals surface area (Å²) in [6.07, 6.45) is 5.21. The Bertz CT molecular complexity index is 1300. The minimum atomic E-state index is -4.47. The second-order valence-electron chi connectivity index (χ2n) is 8.09. The van der Waals surface area contributed by atoms with E-state index in [-0.39, 0.29) is 11.8 Å². The minimum absolute atomic E-state index is 0.0611. The molecule has 1 unspecified atom stereocenters. The molecule has 4 rings (SSSR count). The molecule has 1 N–H and O–H groups in total. The lowest BCUT2D eigenvalue weighted by atomic mass is 9.92. The van der Waals surface area contributed by atoms with Crippen LogP contribution >= 0.6 is 11.8 Å². The van der Waals surface area contributed by atoms with Gasteiger partial charge in [-0.25, -0.2) is 9.78 Å². The van der Waals surface area contributed by atoms with Crippen LogP contribution in [0, 0.1) is 6.92 Å². The van der Waals surface area contributed by atoms with E-state index in [1.54, 1.807) is 12.1 Å². The van der Waals surface area contributed by atoms with Crippen LogP contribution in [0.4, 0.5) is 13.2 Å². The fourth-order valence-electron chi connectivity index (χ4n) is 3.61. The SMILES string of the molecule is Cc1cc(Sc2cc(Oc3ccc(C(F)(F)F)cn3)cc(C3C=CC=CC3)c2)ccc1OCC(=O)O. The predicted octanol–water partition coefficient (Wildman–Crippen LogP) is 7.42. The number of hydrogen-bond donors (Lipinski definition) is 1. The van der Waals surface area contributed by atoms with E-state index in [2.05, 4.69) is 23.2 Å². The van der Waals surface area contributed by atoms with Crippen molar-refractivity contribution >= 4 is 17.7 Å². The first kappa shape index (κ1) is 25.4. The van der Waals surface area contributed by atoms with E-state index in [9.17, 15) is 18.0 Å². The first-order valence-corrected chi connectivity index (χ1v) is 11.8. The van der Waals surface area contributed by atoms with Crippen LogP contribution in [0.3, 0.4) is 0 Å². The summed E-state index contributed by atoms with van der Waals surface area (Å²) in [6.45, 7) is 1.42. The number of allylic oxidation sites excluding steroid dienone is 4. The number of ether oxygens (including phenoxy) is 2. The van der Waals surface area contributed by atoms with Crippen molar-refractivity contribution in [1.82, 2.24) is 4.98 Å². The summed E-state index contributed by atoms with van der Waals surface area (Å²) in [4.78, 5) is 16.4. The molecule has 186 valence electrons. The fourth-order valence-corrected chi connectivity index (χ4v) is 4.62. The summed E-state index contributed by atoms with van der Waals surface area (Å²) in [5, 5.41) is 8.83. The molecule has 0 bridgehead atoms. The van der Waals surface area contributed by atoms with Crippen LogP contribution < -0.4 is 9.47 Å². The Morgan fingerprint density at radius 1 is 1.11 bits per heavy atom. The zero-order valence-corrected chi connectivity index (χ0v) is 20.0. The summed E-state index contributed by atoms with van der Waals surface area (Å²) in [5.41, 5.74) is 0.953. The molecule has 36 heavy (non-hydrogen) atoms. The van der Waals surface area contributed by atoms with Gasteiger partial charge < -0.3 is 14.6 Å². The van der Waals surface area contributed by atoms with Gasteiger partial charge >= 0.3 is 12.1 Å². The van der Waals surface area contributed by atoms with Gasteiger partial charge in [-0.05, 0) is 66.9 Å². The van der Waals surface area contributed by atoms with Crippen LogP contribution in [-0.2, 0) is 11.0 Å². The number of nitrogens with zero attached hydrogens (tertiary/aromatic N) is 1. The number of aryl methyl sites for hydroxylation is 1. The zero-order valence-electron chi connectivity index (χ0n) is 19.2. The minimum Gasteiger partial charge on any atom is -0.482 e. The molecule has 0 saturated heterocycles. The number of pyridine rings is 1. The van der Waals surface area contributed by atoms with E-state index in [1.165, 1.54) is 17.8 Å². The summed E-state index contributed by atoms with van der Waals surface area (Å²) in [7, 11) is 0. The van der Waals surface area contributed by atoms with Crippen molar-refractivity contribution in [2.45, 2.75) is 35.2 Å². The summed E-state index contributed by atoms with van der Waals surface area (Å²) < 4.78 is 49.7. The van der Waals surface area contributed by atoms with Crippen molar-refractivity contribution in [3.05, 3.63) is 95.7 Å². The van der Waals surface area contributed by atoms with Crippen LogP contribution in [0.15, 0.2) is 88.8 Å². The number of aliphatic carboxylic acids is 1. The Morgan fingerprint density at radius 3 is 2.58 bits per heavy atom. The molecule has 1 heterocycles. The molecule has 0 radical (unpaired) electrons. The fraction of sp³-hybridized carbons (Fsp3) is 0.185. The number of alkyl halides is 3. The molecule has 1 atom stereocenters. The highest BCUT2D eigenvalue weighted by Crippen LogP contribution is 2.38. The standard InChI is InChI=1S/C27H22F3NO4S/c1-17-11-22(8-9-24(17)34-16-26(32)33)36-23-13-19(18-5-3-2-4-6-18)12-21(14-23)35-25-10-7-20(15-31-25)27(28,29)30/h2-5,7-15,18H,6,16H2,1H3,(H,32,33). The highest BCUT2D eigenvalue weighted by Gasteiger charge is 2.30. The zero-order chi connectivity index (χ0) is 25.7. The van der Waals surface area contributed by atoms with Gasteiger partial charge in [-0.2, -0.15) is 13.2 Å². The molecule has 0 saturated carbocycles. The van der Waals surface area contributed by atoms with E-state index < -0.39 is 24.3 Å².